The molecular weight excluding hydrogens is 162 g/mol. The van der Waals surface area contributed by atoms with Crippen LogP contribution >= 0.6 is 11.8 Å². The van der Waals surface area contributed by atoms with Gasteiger partial charge in [0.15, 0.2) is 5.17 Å². The van der Waals surface area contributed by atoms with Gasteiger partial charge >= 0.3 is 0 Å². The highest BCUT2D eigenvalue weighted by Crippen LogP contribution is 2.08. The lowest BCUT2D eigenvalue weighted by Gasteiger charge is -1.89. The molecule has 4 nitrogen and oxygen atoms in total. The fourth-order valence-corrected chi connectivity index (χ4v) is 1.15. The molecule has 11 heavy (non-hydrogen) atoms. The van der Waals surface area contributed by atoms with E-state index in [1.165, 1.54) is 11.8 Å². The van der Waals surface area contributed by atoms with Crippen LogP contribution in [-0.4, -0.2) is 22.5 Å². The lowest BCUT2D eigenvalue weighted by Crippen LogP contribution is -2.19. The normalized spacial score (nSPS) is 20.2. The molecule has 0 aromatic heterocycles. The molecule has 0 atom stereocenters. The van der Waals surface area contributed by atoms with Gasteiger partial charge in [-0.15, -0.1) is 5.10 Å². The Morgan fingerprint density at radius 1 is 1.64 bits per heavy atom. The summed E-state index contributed by atoms with van der Waals surface area (Å²) >= 11 is 1.37. The average molecular weight is 171 g/mol. The zero-order chi connectivity index (χ0) is 8.27. The third-order valence-electron chi connectivity index (χ3n) is 0.927. The van der Waals surface area contributed by atoms with E-state index in [-0.39, 0.29) is 5.91 Å². The van der Waals surface area contributed by atoms with Crippen LogP contribution in [0.4, 0.5) is 0 Å². The van der Waals surface area contributed by atoms with Crippen molar-refractivity contribution in [2.75, 3.05) is 5.75 Å². The predicted octanol–water partition coefficient (Wildman–Crippen LogP) is 0.601. The topological polar surface area (TPSA) is 53.8 Å². The Hall–Kier alpha value is -0.840. The molecule has 60 valence electrons. The minimum atomic E-state index is -0.00212. The van der Waals surface area contributed by atoms with Crippen molar-refractivity contribution < 1.29 is 4.79 Å². The van der Waals surface area contributed by atoms with Gasteiger partial charge in [-0.3, -0.25) is 4.79 Å². The molecule has 0 aliphatic carbocycles. The maximum atomic E-state index is 10.6. The third-order valence-corrected chi connectivity index (χ3v) is 1.79. The standard InChI is InChI=1S/C6H9N3OS/c1-4(2)8-9-6-7-5(10)3-11-6/h3H2,1-2H3,(H,7,9,10). The fraction of sp³-hybridized carbons (Fsp3) is 0.500. The molecule has 1 N–H and O–H groups in total. The number of hydrogen-bond donors (Lipinski definition) is 1. The molecule has 1 rings (SSSR count). The van der Waals surface area contributed by atoms with Crippen LogP contribution in [0.2, 0.25) is 0 Å². The van der Waals surface area contributed by atoms with E-state index < -0.39 is 0 Å². The molecule has 0 saturated carbocycles. The Bertz CT molecular complexity index is 230. The second-order valence-electron chi connectivity index (χ2n) is 2.29. The summed E-state index contributed by atoms with van der Waals surface area (Å²) in [5.74, 6) is 0.453. The number of thioether (sulfide) groups is 1. The van der Waals surface area contributed by atoms with Gasteiger partial charge in [0.1, 0.15) is 0 Å². The number of rotatable bonds is 1. The number of nitrogens with one attached hydrogen (secondary N) is 1. The number of nitrogens with zero attached hydrogens (tertiary/aromatic N) is 2. The van der Waals surface area contributed by atoms with Gasteiger partial charge in [-0.05, 0) is 13.8 Å². The summed E-state index contributed by atoms with van der Waals surface area (Å²) in [6.07, 6.45) is 0. The molecule has 0 spiro atoms. The first-order valence-corrected chi connectivity index (χ1v) is 4.18. The van der Waals surface area contributed by atoms with Crippen molar-refractivity contribution in [2.24, 2.45) is 10.2 Å². The van der Waals surface area contributed by atoms with Crippen LogP contribution in [-0.2, 0) is 4.79 Å². The van der Waals surface area contributed by atoms with Gasteiger partial charge in [0.2, 0.25) is 5.91 Å². The molecular formula is C6H9N3OS. The number of amides is 1. The summed E-state index contributed by atoms with van der Waals surface area (Å²) in [6, 6.07) is 0. The van der Waals surface area contributed by atoms with E-state index in [0.29, 0.717) is 10.9 Å². The van der Waals surface area contributed by atoms with Crippen LogP contribution in [0.5, 0.6) is 0 Å². The number of carbonyl (C=O) groups excluding carboxylic acids is 1. The molecule has 0 aromatic rings. The molecule has 0 unspecified atom stereocenters. The molecule has 0 bridgehead atoms. The summed E-state index contributed by atoms with van der Waals surface area (Å²) in [7, 11) is 0. The van der Waals surface area contributed by atoms with Gasteiger partial charge in [0.05, 0.1) is 5.75 Å². The first kappa shape index (κ1) is 8.26. The monoisotopic (exact) mass is 171 g/mol. The van der Waals surface area contributed by atoms with Crippen LogP contribution in [0.25, 0.3) is 0 Å². The lowest BCUT2D eigenvalue weighted by molar-refractivity contribution is -0.116. The maximum absolute atomic E-state index is 10.6. The summed E-state index contributed by atoms with van der Waals surface area (Å²) in [6.45, 7) is 3.71. The molecule has 1 saturated heterocycles. The Morgan fingerprint density at radius 2 is 2.36 bits per heavy atom. The quantitative estimate of drug-likeness (QED) is 0.464. The van der Waals surface area contributed by atoms with Crippen molar-refractivity contribution in [3.05, 3.63) is 0 Å². The minimum absolute atomic E-state index is 0.00212. The highest BCUT2D eigenvalue weighted by Gasteiger charge is 2.15. The average Bonchev–Trinajstić information content (AvgIpc) is 2.31. The fourth-order valence-electron chi connectivity index (χ4n) is 0.525. The van der Waals surface area contributed by atoms with E-state index in [2.05, 4.69) is 15.5 Å². The number of carbonyl (C=O) groups is 1. The Balaban J connectivity index is 2.55. The highest BCUT2D eigenvalue weighted by atomic mass is 32.2. The van der Waals surface area contributed by atoms with E-state index in [9.17, 15) is 4.79 Å². The van der Waals surface area contributed by atoms with E-state index in [4.69, 9.17) is 0 Å². The molecule has 0 aromatic carbocycles. The first-order valence-electron chi connectivity index (χ1n) is 3.20. The van der Waals surface area contributed by atoms with Crippen molar-refractivity contribution in [2.45, 2.75) is 13.8 Å². The van der Waals surface area contributed by atoms with Gasteiger partial charge in [0.25, 0.3) is 0 Å². The number of amidine groups is 1. The molecule has 1 aliphatic rings. The van der Waals surface area contributed by atoms with Crippen LogP contribution in [0, 0.1) is 0 Å². The Labute approximate surface area is 69.2 Å². The zero-order valence-corrected chi connectivity index (χ0v) is 7.23. The van der Waals surface area contributed by atoms with Crippen molar-refractivity contribution in [3.8, 4) is 0 Å². The summed E-state index contributed by atoms with van der Waals surface area (Å²) < 4.78 is 0. The molecule has 5 heteroatoms. The van der Waals surface area contributed by atoms with Crippen molar-refractivity contribution in [1.82, 2.24) is 5.32 Å². The van der Waals surface area contributed by atoms with Crippen LogP contribution < -0.4 is 5.32 Å². The van der Waals surface area contributed by atoms with Crippen molar-refractivity contribution >= 4 is 28.5 Å². The van der Waals surface area contributed by atoms with Crippen LogP contribution in [0.3, 0.4) is 0 Å². The van der Waals surface area contributed by atoms with E-state index >= 15 is 0 Å². The predicted molar refractivity (Wildman–Crippen MR) is 46.8 cm³/mol. The van der Waals surface area contributed by atoms with Crippen LogP contribution in [0.15, 0.2) is 10.2 Å². The van der Waals surface area contributed by atoms with E-state index in [0.717, 1.165) is 5.71 Å². The Kier molecular flexibility index (Phi) is 2.64. The third kappa shape index (κ3) is 2.71. The SMILES string of the molecule is CC(C)=NN=C1NC(=O)CS1. The smallest absolute Gasteiger partial charge is 0.236 e. The summed E-state index contributed by atoms with van der Waals surface area (Å²) in [4.78, 5) is 10.6. The largest absolute Gasteiger partial charge is 0.303 e. The highest BCUT2D eigenvalue weighted by molar-refractivity contribution is 8.15. The first-order chi connectivity index (χ1) is 5.18. The lowest BCUT2D eigenvalue weighted by atomic mass is 10.5. The maximum Gasteiger partial charge on any atom is 0.236 e. The molecule has 0 radical (unpaired) electrons. The second-order valence-corrected chi connectivity index (χ2v) is 3.25. The number of hydrogen-bond acceptors (Lipinski definition) is 4. The van der Waals surface area contributed by atoms with Gasteiger partial charge in [-0.1, -0.05) is 11.8 Å². The van der Waals surface area contributed by atoms with Crippen LogP contribution in [0.1, 0.15) is 13.8 Å². The molecule has 1 amide bonds. The van der Waals surface area contributed by atoms with Crippen molar-refractivity contribution in [3.63, 3.8) is 0 Å². The van der Waals surface area contributed by atoms with E-state index in [1.54, 1.807) is 0 Å². The molecule has 1 heterocycles. The summed E-state index contributed by atoms with van der Waals surface area (Å²) in [5.41, 5.74) is 0.874. The van der Waals surface area contributed by atoms with E-state index in [1.807, 2.05) is 13.8 Å². The van der Waals surface area contributed by atoms with Gasteiger partial charge in [-0.2, -0.15) is 5.10 Å². The zero-order valence-electron chi connectivity index (χ0n) is 6.42. The van der Waals surface area contributed by atoms with Gasteiger partial charge in [-0.25, -0.2) is 0 Å². The Morgan fingerprint density at radius 3 is 2.82 bits per heavy atom. The molecule has 1 aliphatic heterocycles. The van der Waals surface area contributed by atoms with Gasteiger partial charge in [0, 0.05) is 5.71 Å². The van der Waals surface area contributed by atoms with Gasteiger partial charge < -0.3 is 5.32 Å². The van der Waals surface area contributed by atoms with Crippen molar-refractivity contribution in [1.29, 1.82) is 0 Å². The second kappa shape index (κ2) is 3.52. The molecule has 1 fully saturated rings. The minimum Gasteiger partial charge on any atom is -0.303 e. The summed E-state index contributed by atoms with van der Waals surface area (Å²) in [5, 5.41) is 10.8.